The van der Waals surface area contributed by atoms with E-state index in [0.717, 1.165) is 17.1 Å². The summed E-state index contributed by atoms with van der Waals surface area (Å²) in [5.41, 5.74) is 3.59. The maximum atomic E-state index is 12.1. The molecule has 0 saturated carbocycles. The van der Waals surface area contributed by atoms with Crippen LogP contribution in [0, 0.1) is 0 Å². The number of methoxy groups -OCH3 is 1. The Bertz CT molecular complexity index is 1350. The second-order valence-corrected chi connectivity index (χ2v) is 8.22. The predicted octanol–water partition coefficient (Wildman–Crippen LogP) is 4.54. The van der Waals surface area contributed by atoms with Gasteiger partial charge in [-0.1, -0.05) is 24.3 Å². The third-order valence-electron chi connectivity index (χ3n) is 5.87. The van der Waals surface area contributed by atoms with E-state index < -0.39 is 5.97 Å². The van der Waals surface area contributed by atoms with Crippen LogP contribution in [0.3, 0.4) is 0 Å². The Morgan fingerprint density at radius 1 is 1.06 bits per heavy atom. The summed E-state index contributed by atoms with van der Waals surface area (Å²) >= 11 is 5.75. The number of thiocarbonyl (C=S) groups is 1. The molecular formula is C26H22N4O3S. The molecule has 0 aliphatic carbocycles. The number of esters is 1. The molecule has 5 rings (SSSR count). The summed E-state index contributed by atoms with van der Waals surface area (Å²) in [5, 5.41) is 14.6. The number of benzene rings is 2. The van der Waals surface area contributed by atoms with Crippen LogP contribution in [-0.4, -0.2) is 32.8 Å². The van der Waals surface area contributed by atoms with Gasteiger partial charge in [-0.25, -0.2) is 4.79 Å². The Balaban J connectivity index is 1.67. The molecule has 1 saturated heterocycles. The Labute approximate surface area is 202 Å². The molecule has 2 aromatic carbocycles. The standard InChI is InChI=1S/C26H22N4O3S/c1-33-25(32)17-8-6-9-18(16-17)29-15-7-12-21(29)24-23(19-10-4-5-14-27-19)28-26(34)30(24)20-11-2-3-13-22(20)31/h2-16,23-24,31H,1H3,(H,28,34)/t23-,24-/m1/s1. The zero-order valence-corrected chi connectivity index (χ0v) is 19.1. The van der Waals surface area contributed by atoms with Crippen LogP contribution in [0.25, 0.3) is 5.69 Å². The fraction of sp³-hybridized carbons (Fsp3) is 0.115. The van der Waals surface area contributed by atoms with Crippen molar-refractivity contribution < 1.29 is 14.6 Å². The third-order valence-corrected chi connectivity index (χ3v) is 6.18. The lowest BCUT2D eigenvalue weighted by atomic mass is 10.0. The predicted molar refractivity (Wildman–Crippen MR) is 133 cm³/mol. The second kappa shape index (κ2) is 8.99. The highest BCUT2D eigenvalue weighted by Gasteiger charge is 2.43. The number of para-hydroxylation sites is 2. The highest BCUT2D eigenvalue weighted by Crippen LogP contribution is 2.44. The van der Waals surface area contributed by atoms with Gasteiger partial charge in [-0.3, -0.25) is 4.98 Å². The number of nitrogens with one attached hydrogen (secondary N) is 1. The number of carbonyl (C=O) groups is 1. The first kappa shape index (κ1) is 21.7. The van der Waals surface area contributed by atoms with Crippen molar-refractivity contribution in [3.63, 3.8) is 0 Å². The normalized spacial score (nSPS) is 17.4. The van der Waals surface area contributed by atoms with E-state index in [2.05, 4.69) is 10.3 Å². The molecule has 170 valence electrons. The van der Waals surface area contributed by atoms with Gasteiger partial charge >= 0.3 is 5.97 Å². The molecule has 0 bridgehead atoms. The average Bonchev–Trinajstić information content (AvgIpc) is 3.49. The first-order valence-corrected chi connectivity index (χ1v) is 11.1. The van der Waals surface area contributed by atoms with Gasteiger partial charge in [-0.2, -0.15) is 0 Å². The zero-order valence-electron chi connectivity index (χ0n) is 18.3. The van der Waals surface area contributed by atoms with Crippen molar-refractivity contribution in [2.24, 2.45) is 0 Å². The van der Waals surface area contributed by atoms with Crippen LogP contribution in [0.5, 0.6) is 5.75 Å². The van der Waals surface area contributed by atoms with Crippen molar-refractivity contribution in [1.29, 1.82) is 0 Å². The minimum Gasteiger partial charge on any atom is -0.506 e. The van der Waals surface area contributed by atoms with Crippen LogP contribution >= 0.6 is 12.2 Å². The van der Waals surface area contributed by atoms with Crippen LogP contribution in [-0.2, 0) is 4.74 Å². The molecule has 4 aromatic rings. The highest BCUT2D eigenvalue weighted by molar-refractivity contribution is 7.80. The minimum absolute atomic E-state index is 0.129. The topological polar surface area (TPSA) is 79.6 Å². The molecule has 7 nitrogen and oxygen atoms in total. The summed E-state index contributed by atoms with van der Waals surface area (Å²) in [6, 6.07) is 23.5. The number of hydrogen-bond donors (Lipinski definition) is 2. The molecule has 0 radical (unpaired) electrons. The van der Waals surface area contributed by atoms with Crippen molar-refractivity contribution in [2.75, 3.05) is 12.0 Å². The van der Waals surface area contributed by atoms with E-state index in [-0.39, 0.29) is 17.8 Å². The zero-order chi connectivity index (χ0) is 23.7. The van der Waals surface area contributed by atoms with Gasteiger partial charge in [0.1, 0.15) is 11.8 Å². The smallest absolute Gasteiger partial charge is 0.337 e. The van der Waals surface area contributed by atoms with Gasteiger partial charge < -0.3 is 24.6 Å². The molecule has 0 unspecified atom stereocenters. The first-order valence-electron chi connectivity index (χ1n) is 10.7. The van der Waals surface area contributed by atoms with E-state index in [0.29, 0.717) is 16.4 Å². The molecule has 1 fully saturated rings. The van der Waals surface area contributed by atoms with Crippen molar-refractivity contribution in [2.45, 2.75) is 12.1 Å². The lowest BCUT2D eigenvalue weighted by molar-refractivity contribution is 0.0600. The largest absolute Gasteiger partial charge is 0.506 e. The van der Waals surface area contributed by atoms with Crippen LogP contribution in [0.2, 0.25) is 0 Å². The van der Waals surface area contributed by atoms with E-state index in [4.69, 9.17) is 17.0 Å². The lowest BCUT2D eigenvalue weighted by Gasteiger charge is -2.29. The van der Waals surface area contributed by atoms with Gasteiger partial charge in [-0.15, -0.1) is 0 Å². The van der Waals surface area contributed by atoms with Crippen LogP contribution in [0.1, 0.15) is 33.8 Å². The average molecular weight is 471 g/mol. The fourth-order valence-corrected chi connectivity index (χ4v) is 4.69. The Hall–Kier alpha value is -4.17. The third kappa shape index (κ3) is 3.78. The number of phenolic OH excluding ortho intramolecular Hbond substituents is 1. The number of carbonyl (C=O) groups excluding carboxylic acids is 1. The van der Waals surface area contributed by atoms with E-state index in [1.54, 1.807) is 30.5 Å². The number of aromatic nitrogens is 2. The summed E-state index contributed by atoms with van der Waals surface area (Å²) in [6.45, 7) is 0. The van der Waals surface area contributed by atoms with Crippen LogP contribution in [0.4, 0.5) is 5.69 Å². The minimum atomic E-state index is -0.401. The van der Waals surface area contributed by atoms with E-state index in [1.807, 2.05) is 70.3 Å². The molecule has 2 aromatic heterocycles. The van der Waals surface area contributed by atoms with Crippen molar-refractivity contribution >= 4 is 29.0 Å². The number of ether oxygens (including phenoxy) is 1. The summed E-state index contributed by atoms with van der Waals surface area (Å²) in [5.74, 6) is -0.273. The molecule has 34 heavy (non-hydrogen) atoms. The van der Waals surface area contributed by atoms with Crippen LogP contribution < -0.4 is 10.2 Å². The van der Waals surface area contributed by atoms with Crippen molar-refractivity contribution in [3.8, 4) is 11.4 Å². The summed E-state index contributed by atoms with van der Waals surface area (Å²) < 4.78 is 6.91. The first-order chi connectivity index (χ1) is 16.6. The Morgan fingerprint density at radius 3 is 2.65 bits per heavy atom. The SMILES string of the molecule is COC(=O)c1cccc(-n2cccc2[C@@H]2[C@@H](c3ccccn3)NC(=S)N2c2ccccc2O)c1. The number of pyridine rings is 1. The molecule has 1 aliphatic rings. The number of rotatable bonds is 5. The Morgan fingerprint density at radius 2 is 1.88 bits per heavy atom. The van der Waals surface area contributed by atoms with Gasteiger partial charge in [0.25, 0.3) is 0 Å². The second-order valence-electron chi connectivity index (χ2n) is 7.83. The molecule has 3 heterocycles. The summed E-state index contributed by atoms with van der Waals surface area (Å²) in [7, 11) is 1.36. The summed E-state index contributed by atoms with van der Waals surface area (Å²) in [4.78, 5) is 18.6. The molecule has 1 aliphatic heterocycles. The van der Waals surface area contributed by atoms with Gasteiger partial charge in [-0.05, 0) is 66.8 Å². The molecular weight excluding hydrogens is 448 g/mol. The number of nitrogens with zero attached hydrogens (tertiary/aromatic N) is 3. The number of aromatic hydroxyl groups is 1. The van der Waals surface area contributed by atoms with Gasteiger partial charge in [0.05, 0.1) is 30.1 Å². The molecule has 8 heteroatoms. The fourth-order valence-electron chi connectivity index (χ4n) is 4.35. The monoisotopic (exact) mass is 470 g/mol. The molecule has 2 atom stereocenters. The number of anilines is 1. The maximum Gasteiger partial charge on any atom is 0.337 e. The lowest BCUT2D eigenvalue weighted by Crippen LogP contribution is -2.30. The van der Waals surface area contributed by atoms with E-state index in [9.17, 15) is 9.90 Å². The molecule has 2 N–H and O–H groups in total. The van der Waals surface area contributed by atoms with E-state index >= 15 is 0 Å². The van der Waals surface area contributed by atoms with E-state index in [1.165, 1.54) is 7.11 Å². The molecule has 0 spiro atoms. The quantitative estimate of drug-likeness (QED) is 0.327. The van der Waals surface area contributed by atoms with Gasteiger partial charge in [0, 0.05) is 23.8 Å². The number of phenols is 1. The highest BCUT2D eigenvalue weighted by atomic mass is 32.1. The van der Waals surface area contributed by atoms with Crippen molar-refractivity contribution in [3.05, 3.63) is 108 Å². The van der Waals surface area contributed by atoms with Gasteiger partial charge in [0.15, 0.2) is 5.11 Å². The van der Waals surface area contributed by atoms with Crippen LogP contribution in [0.15, 0.2) is 91.3 Å². The van der Waals surface area contributed by atoms with Crippen molar-refractivity contribution in [1.82, 2.24) is 14.9 Å². The number of hydrogen-bond acceptors (Lipinski definition) is 5. The van der Waals surface area contributed by atoms with Gasteiger partial charge in [0.2, 0.25) is 0 Å². The molecule has 0 amide bonds. The summed E-state index contributed by atoms with van der Waals surface area (Å²) in [6.07, 6.45) is 3.68. The maximum absolute atomic E-state index is 12.1. The Kier molecular flexibility index (Phi) is 5.73.